The molecule has 6 nitrogen and oxygen atoms in total. The third kappa shape index (κ3) is 4.03. The van der Waals surface area contributed by atoms with Gasteiger partial charge in [-0.1, -0.05) is 40.5 Å². The van der Waals surface area contributed by atoms with Crippen LogP contribution in [0.1, 0.15) is 15.9 Å². The molecule has 112 valence electrons. The Balaban J connectivity index is 2.08. The summed E-state index contributed by atoms with van der Waals surface area (Å²) in [6, 6.07) is 9.88. The molecule has 0 aliphatic carbocycles. The van der Waals surface area contributed by atoms with Crippen molar-refractivity contribution in [3.05, 3.63) is 73.8 Å². The fraction of sp³-hybridized carbons (Fsp3) is 0. The number of oxime groups is 1. The monoisotopic (exact) mass is 338 g/mol. The van der Waals surface area contributed by atoms with Gasteiger partial charge in [-0.25, -0.2) is 4.79 Å². The van der Waals surface area contributed by atoms with Gasteiger partial charge < -0.3 is 4.84 Å². The Morgan fingerprint density at radius 3 is 2.68 bits per heavy atom. The molecule has 0 saturated carbocycles. The van der Waals surface area contributed by atoms with E-state index in [0.29, 0.717) is 15.6 Å². The van der Waals surface area contributed by atoms with Gasteiger partial charge in [0.15, 0.2) is 0 Å². The topological polar surface area (TPSA) is 81.8 Å². The number of rotatable bonds is 4. The van der Waals surface area contributed by atoms with Crippen LogP contribution in [0.5, 0.6) is 0 Å². The third-order valence-corrected chi connectivity index (χ3v) is 3.15. The molecule has 0 bridgehead atoms. The molecule has 2 aromatic carbocycles. The molecule has 0 aliphatic rings. The first kappa shape index (κ1) is 15.9. The number of nitrogens with zero attached hydrogens (tertiary/aromatic N) is 2. The second-order valence-corrected chi connectivity index (χ2v) is 4.93. The zero-order valence-electron chi connectivity index (χ0n) is 10.9. The zero-order chi connectivity index (χ0) is 16.1. The smallest absolute Gasteiger partial charge is 0.313 e. The fourth-order valence-corrected chi connectivity index (χ4v) is 1.99. The molecule has 0 amide bonds. The van der Waals surface area contributed by atoms with Gasteiger partial charge in [-0.2, -0.15) is 0 Å². The van der Waals surface area contributed by atoms with Crippen molar-refractivity contribution in [2.24, 2.45) is 5.16 Å². The summed E-state index contributed by atoms with van der Waals surface area (Å²) < 4.78 is 0. The largest absolute Gasteiger partial charge is 0.365 e. The van der Waals surface area contributed by atoms with Gasteiger partial charge in [-0.05, 0) is 18.2 Å². The minimum Gasteiger partial charge on any atom is -0.313 e. The van der Waals surface area contributed by atoms with E-state index < -0.39 is 10.9 Å². The maximum absolute atomic E-state index is 11.7. The van der Waals surface area contributed by atoms with Crippen LogP contribution in [0.3, 0.4) is 0 Å². The molecule has 0 radical (unpaired) electrons. The van der Waals surface area contributed by atoms with Gasteiger partial charge >= 0.3 is 5.97 Å². The lowest BCUT2D eigenvalue weighted by Crippen LogP contribution is -2.02. The summed E-state index contributed by atoms with van der Waals surface area (Å²) >= 11 is 11.7. The van der Waals surface area contributed by atoms with Crippen LogP contribution in [0, 0.1) is 10.1 Å². The second kappa shape index (κ2) is 7.02. The molecule has 0 saturated heterocycles. The highest BCUT2D eigenvalue weighted by Gasteiger charge is 2.12. The first-order valence-corrected chi connectivity index (χ1v) is 6.67. The van der Waals surface area contributed by atoms with E-state index in [2.05, 4.69) is 9.99 Å². The summed E-state index contributed by atoms with van der Waals surface area (Å²) in [7, 11) is 0. The number of hydrogen-bond donors (Lipinski definition) is 0. The van der Waals surface area contributed by atoms with Crippen molar-refractivity contribution in [3.8, 4) is 0 Å². The van der Waals surface area contributed by atoms with E-state index in [0.717, 1.165) is 6.07 Å². The summed E-state index contributed by atoms with van der Waals surface area (Å²) in [5.74, 6) is -0.815. The van der Waals surface area contributed by atoms with E-state index in [1.807, 2.05) is 0 Å². The van der Waals surface area contributed by atoms with E-state index in [4.69, 9.17) is 23.2 Å². The van der Waals surface area contributed by atoms with E-state index in [1.165, 1.54) is 30.5 Å². The van der Waals surface area contributed by atoms with E-state index in [9.17, 15) is 14.9 Å². The highest BCUT2D eigenvalue weighted by Crippen LogP contribution is 2.19. The van der Waals surface area contributed by atoms with E-state index in [-0.39, 0.29) is 11.3 Å². The Labute approximate surface area is 135 Å². The average molecular weight is 339 g/mol. The van der Waals surface area contributed by atoms with E-state index >= 15 is 0 Å². The van der Waals surface area contributed by atoms with Gasteiger partial charge in [0.2, 0.25) is 0 Å². The number of hydrogen-bond acceptors (Lipinski definition) is 5. The van der Waals surface area contributed by atoms with Gasteiger partial charge in [-0.15, -0.1) is 0 Å². The molecule has 22 heavy (non-hydrogen) atoms. The molecule has 0 spiro atoms. The van der Waals surface area contributed by atoms with Crippen molar-refractivity contribution in [3.63, 3.8) is 0 Å². The molecule has 2 rings (SSSR count). The zero-order valence-corrected chi connectivity index (χ0v) is 12.4. The van der Waals surface area contributed by atoms with Crippen molar-refractivity contribution < 1.29 is 14.6 Å². The number of halogens is 2. The van der Waals surface area contributed by atoms with Crippen LogP contribution in [0.4, 0.5) is 5.69 Å². The molecule has 0 aromatic heterocycles. The second-order valence-electron chi connectivity index (χ2n) is 4.09. The van der Waals surface area contributed by atoms with Crippen molar-refractivity contribution in [1.29, 1.82) is 0 Å². The standard InChI is InChI=1S/C14H8Cl2N2O4/c15-11-5-4-10(13(16)7-11)8-17-22-14(19)9-2-1-3-12(6-9)18(20)21/h1-8H/b17-8-. The lowest BCUT2D eigenvalue weighted by Gasteiger charge is -1.99. The van der Waals surface area contributed by atoms with Gasteiger partial charge in [0, 0.05) is 22.7 Å². The molecule has 2 aromatic rings. The van der Waals surface area contributed by atoms with Crippen molar-refractivity contribution >= 4 is 41.1 Å². The molecule has 0 unspecified atom stereocenters. The predicted molar refractivity (Wildman–Crippen MR) is 82.6 cm³/mol. The summed E-state index contributed by atoms with van der Waals surface area (Å²) in [6.45, 7) is 0. The Morgan fingerprint density at radius 1 is 1.23 bits per heavy atom. The summed E-state index contributed by atoms with van der Waals surface area (Å²) in [6.07, 6.45) is 1.24. The number of nitro benzene ring substituents is 1. The lowest BCUT2D eigenvalue weighted by molar-refractivity contribution is -0.384. The van der Waals surface area contributed by atoms with Crippen LogP contribution in [0.2, 0.25) is 10.0 Å². The first-order valence-electron chi connectivity index (χ1n) is 5.91. The molecule has 0 atom stereocenters. The van der Waals surface area contributed by atoms with Crippen LogP contribution in [-0.4, -0.2) is 17.1 Å². The number of nitro groups is 1. The van der Waals surface area contributed by atoms with Crippen LogP contribution < -0.4 is 0 Å². The Morgan fingerprint density at radius 2 is 2.00 bits per heavy atom. The Hall–Kier alpha value is -2.44. The molecule has 0 aliphatic heterocycles. The Kier molecular flexibility index (Phi) is 5.08. The number of benzene rings is 2. The van der Waals surface area contributed by atoms with Crippen molar-refractivity contribution in [1.82, 2.24) is 0 Å². The summed E-state index contributed by atoms with van der Waals surface area (Å²) in [5.41, 5.74) is 0.325. The van der Waals surface area contributed by atoms with Crippen LogP contribution in [0.15, 0.2) is 47.6 Å². The Bertz CT molecular complexity index is 762. The minimum atomic E-state index is -0.815. The molecule has 0 heterocycles. The van der Waals surface area contributed by atoms with Gasteiger partial charge in [0.1, 0.15) is 0 Å². The van der Waals surface area contributed by atoms with Crippen LogP contribution in [0.25, 0.3) is 0 Å². The van der Waals surface area contributed by atoms with Crippen molar-refractivity contribution in [2.45, 2.75) is 0 Å². The minimum absolute atomic E-state index is 0.0218. The predicted octanol–water partition coefficient (Wildman–Crippen LogP) is 4.09. The summed E-state index contributed by atoms with van der Waals surface area (Å²) in [4.78, 5) is 26.4. The first-order chi connectivity index (χ1) is 10.5. The maximum Gasteiger partial charge on any atom is 0.365 e. The van der Waals surface area contributed by atoms with Gasteiger partial charge in [0.25, 0.3) is 5.69 Å². The third-order valence-electron chi connectivity index (χ3n) is 2.58. The lowest BCUT2D eigenvalue weighted by atomic mass is 10.2. The highest BCUT2D eigenvalue weighted by atomic mass is 35.5. The molecule has 8 heteroatoms. The number of carbonyl (C=O) groups is 1. The molecular formula is C14H8Cl2N2O4. The average Bonchev–Trinajstić information content (AvgIpc) is 2.49. The summed E-state index contributed by atoms with van der Waals surface area (Å²) in [5, 5.41) is 15.0. The van der Waals surface area contributed by atoms with Gasteiger partial charge in [-0.3, -0.25) is 10.1 Å². The SMILES string of the molecule is O=C(O/N=C\c1ccc(Cl)cc1Cl)c1cccc([N+](=O)[O-])c1. The molecular weight excluding hydrogens is 331 g/mol. The number of carbonyl (C=O) groups excluding carboxylic acids is 1. The normalized spacial score (nSPS) is 10.6. The van der Waals surface area contributed by atoms with Crippen LogP contribution in [-0.2, 0) is 4.84 Å². The highest BCUT2D eigenvalue weighted by molar-refractivity contribution is 6.36. The maximum atomic E-state index is 11.7. The van der Waals surface area contributed by atoms with Gasteiger partial charge in [0.05, 0.1) is 21.7 Å². The van der Waals surface area contributed by atoms with Crippen LogP contribution >= 0.6 is 23.2 Å². The molecule has 0 N–H and O–H groups in total. The van der Waals surface area contributed by atoms with E-state index in [1.54, 1.807) is 12.1 Å². The molecule has 0 fully saturated rings. The number of non-ortho nitro benzene ring substituents is 1. The van der Waals surface area contributed by atoms with Crippen molar-refractivity contribution in [2.75, 3.05) is 0 Å². The fourth-order valence-electron chi connectivity index (χ4n) is 1.54. The quantitative estimate of drug-likeness (QED) is 0.363.